The highest BCUT2D eigenvalue weighted by atomic mass is 16.3. The Balaban J connectivity index is 4.64. The lowest BCUT2D eigenvalue weighted by molar-refractivity contribution is -0.138. The lowest BCUT2D eigenvalue weighted by Crippen LogP contribution is -2.40. The third-order valence-electron chi connectivity index (χ3n) is 4.17. The quantitative estimate of drug-likeness (QED) is 0.806. The summed E-state index contributed by atoms with van der Waals surface area (Å²) in [5.41, 5.74) is -1.98. The van der Waals surface area contributed by atoms with E-state index in [1.807, 2.05) is 34.6 Å². The van der Waals surface area contributed by atoms with E-state index in [1.54, 1.807) is 0 Å². The summed E-state index contributed by atoms with van der Waals surface area (Å²) in [6, 6.07) is 0. The molecule has 3 heteroatoms. The van der Waals surface area contributed by atoms with Crippen LogP contribution in [0.1, 0.15) is 61.3 Å². The van der Waals surface area contributed by atoms with Gasteiger partial charge in [0, 0.05) is 11.8 Å². The largest absolute Gasteiger partial charge is 0.382 e. The molecule has 0 rings (SSSR count). The average molecular weight is 242 g/mol. The molecular weight excluding hydrogens is 216 g/mol. The minimum absolute atomic E-state index is 0.0894. The minimum atomic E-state index is -1.39. The van der Waals surface area contributed by atoms with Crippen molar-refractivity contribution in [3.05, 3.63) is 0 Å². The highest BCUT2D eigenvalue weighted by Crippen LogP contribution is 2.40. The van der Waals surface area contributed by atoms with Crippen molar-refractivity contribution in [3.8, 4) is 0 Å². The van der Waals surface area contributed by atoms with Gasteiger partial charge in [0.2, 0.25) is 0 Å². The summed E-state index contributed by atoms with van der Waals surface area (Å²) in [4.78, 5) is 23.3. The molecular formula is C14H26O3. The van der Waals surface area contributed by atoms with E-state index in [1.165, 1.54) is 13.8 Å². The maximum Gasteiger partial charge on any atom is 0.160 e. The van der Waals surface area contributed by atoms with E-state index in [-0.39, 0.29) is 29.8 Å². The van der Waals surface area contributed by atoms with Crippen LogP contribution in [0.15, 0.2) is 0 Å². The number of carbonyl (C=O) groups is 2. The first-order valence-electron chi connectivity index (χ1n) is 6.09. The lowest BCUT2D eigenvalue weighted by Gasteiger charge is -2.37. The summed E-state index contributed by atoms with van der Waals surface area (Å²) in [6.45, 7) is 12.7. The number of hydrogen-bond acceptors (Lipinski definition) is 3. The van der Waals surface area contributed by atoms with Crippen molar-refractivity contribution < 1.29 is 14.7 Å². The van der Waals surface area contributed by atoms with E-state index < -0.39 is 11.0 Å². The third-order valence-corrected chi connectivity index (χ3v) is 4.17. The SMILES string of the molecule is CC(=O)C(C)(O)CCC(=O)C(C)(C)C(C)(C)C. The van der Waals surface area contributed by atoms with Gasteiger partial charge in [-0.2, -0.15) is 0 Å². The van der Waals surface area contributed by atoms with Crippen molar-refractivity contribution in [1.29, 1.82) is 0 Å². The molecule has 100 valence electrons. The normalized spacial score (nSPS) is 16.5. The molecule has 1 N–H and O–H groups in total. The first-order chi connectivity index (χ1) is 7.32. The molecule has 0 spiro atoms. The number of carbonyl (C=O) groups excluding carboxylic acids is 2. The summed E-state index contributed by atoms with van der Waals surface area (Å²) in [5, 5.41) is 9.81. The van der Waals surface area contributed by atoms with Gasteiger partial charge in [-0.15, -0.1) is 0 Å². The van der Waals surface area contributed by atoms with Gasteiger partial charge in [-0.3, -0.25) is 9.59 Å². The maximum absolute atomic E-state index is 12.2. The first-order valence-corrected chi connectivity index (χ1v) is 6.09. The van der Waals surface area contributed by atoms with Gasteiger partial charge in [0.25, 0.3) is 0 Å². The van der Waals surface area contributed by atoms with Gasteiger partial charge < -0.3 is 5.11 Å². The zero-order valence-corrected chi connectivity index (χ0v) is 12.2. The van der Waals surface area contributed by atoms with Crippen LogP contribution in [0.25, 0.3) is 0 Å². The zero-order valence-electron chi connectivity index (χ0n) is 12.2. The fourth-order valence-corrected chi connectivity index (χ4v) is 1.26. The predicted molar refractivity (Wildman–Crippen MR) is 68.8 cm³/mol. The lowest BCUT2D eigenvalue weighted by atomic mass is 9.65. The molecule has 1 atom stereocenters. The Bertz CT molecular complexity index is 306. The van der Waals surface area contributed by atoms with Crippen LogP contribution in [0.3, 0.4) is 0 Å². The number of hydrogen-bond donors (Lipinski definition) is 1. The second kappa shape index (κ2) is 4.89. The molecule has 17 heavy (non-hydrogen) atoms. The molecule has 0 fully saturated rings. The molecule has 0 aliphatic carbocycles. The van der Waals surface area contributed by atoms with Crippen LogP contribution in [0, 0.1) is 10.8 Å². The van der Waals surface area contributed by atoms with E-state index in [4.69, 9.17) is 0 Å². The Morgan fingerprint density at radius 2 is 1.41 bits per heavy atom. The van der Waals surface area contributed by atoms with Crippen LogP contribution in [0.5, 0.6) is 0 Å². The van der Waals surface area contributed by atoms with Crippen molar-refractivity contribution in [2.45, 2.75) is 66.9 Å². The standard InChI is InChI=1S/C14H26O3/c1-10(15)14(7,17)9-8-11(16)13(5,6)12(2,3)4/h17H,8-9H2,1-7H3. The van der Waals surface area contributed by atoms with Crippen molar-refractivity contribution >= 4 is 11.6 Å². The molecule has 0 bridgehead atoms. The highest BCUT2D eigenvalue weighted by molar-refractivity contribution is 5.87. The van der Waals surface area contributed by atoms with Crippen molar-refractivity contribution in [2.24, 2.45) is 10.8 Å². The van der Waals surface area contributed by atoms with Crippen LogP contribution in [-0.2, 0) is 9.59 Å². The van der Waals surface area contributed by atoms with Crippen LogP contribution in [0.4, 0.5) is 0 Å². The monoisotopic (exact) mass is 242 g/mol. The first kappa shape index (κ1) is 16.3. The zero-order chi connectivity index (χ0) is 14.1. The van der Waals surface area contributed by atoms with E-state index >= 15 is 0 Å². The van der Waals surface area contributed by atoms with E-state index in [0.29, 0.717) is 0 Å². The van der Waals surface area contributed by atoms with E-state index in [2.05, 4.69) is 0 Å². The number of Topliss-reactive ketones (excluding diaryl/α,β-unsaturated/α-hetero) is 2. The molecule has 0 aliphatic heterocycles. The molecule has 0 saturated heterocycles. The number of ketones is 2. The molecule has 0 heterocycles. The third kappa shape index (κ3) is 3.91. The second-order valence-corrected chi connectivity index (χ2v) is 6.63. The van der Waals surface area contributed by atoms with Crippen molar-refractivity contribution in [3.63, 3.8) is 0 Å². The summed E-state index contributed by atoms with van der Waals surface area (Å²) < 4.78 is 0. The number of aliphatic hydroxyl groups is 1. The van der Waals surface area contributed by atoms with Crippen molar-refractivity contribution in [2.75, 3.05) is 0 Å². The summed E-state index contributed by atoms with van der Waals surface area (Å²) >= 11 is 0. The van der Waals surface area contributed by atoms with Crippen LogP contribution in [-0.4, -0.2) is 22.3 Å². The maximum atomic E-state index is 12.2. The second-order valence-electron chi connectivity index (χ2n) is 6.63. The smallest absolute Gasteiger partial charge is 0.160 e. The average Bonchev–Trinajstić information content (AvgIpc) is 2.12. The summed E-state index contributed by atoms with van der Waals surface area (Å²) in [5.74, 6) is -0.203. The molecule has 0 aromatic heterocycles. The Kier molecular flexibility index (Phi) is 4.69. The fourth-order valence-electron chi connectivity index (χ4n) is 1.26. The van der Waals surface area contributed by atoms with Gasteiger partial charge in [0.1, 0.15) is 11.4 Å². The van der Waals surface area contributed by atoms with Gasteiger partial charge >= 0.3 is 0 Å². The van der Waals surface area contributed by atoms with Gasteiger partial charge in [0.05, 0.1) is 0 Å². The minimum Gasteiger partial charge on any atom is -0.382 e. The van der Waals surface area contributed by atoms with Gasteiger partial charge in [-0.1, -0.05) is 34.6 Å². The topological polar surface area (TPSA) is 54.4 Å². The van der Waals surface area contributed by atoms with Gasteiger partial charge in [-0.05, 0) is 25.7 Å². The Hall–Kier alpha value is -0.700. The Labute approximate surface area is 105 Å². The fraction of sp³-hybridized carbons (Fsp3) is 0.857. The molecule has 0 radical (unpaired) electrons. The molecule has 0 amide bonds. The Morgan fingerprint density at radius 3 is 1.71 bits per heavy atom. The van der Waals surface area contributed by atoms with E-state index in [9.17, 15) is 14.7 Å². The molecule has 0 aliphatic rings. The van der Waals surface area contributed by atoms with E-state index in [0.717, 1.165) is 0 Å². The van der Waals surface area contributed by atoms with Gasteiger partial charge in [-0.25, -0.2) is 0 Å². The summed E-state index contributed by atoms with van der Waals surface area (Å²) in [7, 11) is 0. The molecule has 0 saturated carbocycles. The molecule has 3 nitrogen and oxygen atoms in total. The van der Waals surface area contributed by atoms with Gasteiger partial charge in [0.15, 0.2) is 5.78 Å². The van der Waals surface area contributed by atoms with Crippen LogP contribution in [0.2, 0.25) is 0 Å². The predicted octanol–water partition coefficient (Wildman–Crippen LogP) is 2.75. The van der Waals surface area contributed by atoms with Crippen LogP contribution < -0.4 is 0 Å². The van der Waals surface area contributed by atoms with Crippen LogP contribution >= 0.6 is 0 Å². The number of rotatable bonds is 5. The molecule has 0 aromatic carbocycles. The molecule has 1 unspecified atom stereocenters. The van der Waals surface area contributed by atoms with Crippen molar-refractivity contribution in [1.82, 2.24) is 0 Å². The Morgan fingerprint density at radius 1 is 1.00 bits per heavy atom. The molecule has 0 aromatic rings. The summed E-state index contributed by atoms with van der Waals surface area (Å²) in [6.07, 6.45) is 0.428. The highest BCUT2D eigenvalue weighted by Gasteiger charge is 2.40.